The summed E-state index contributed by atoms with van der Waals surface area (Å²) in [5.74, 6) is 1.03. The summed E-state index contributed by atoms with van der Waals surface area (Å²) in [4.78, 5) is 6.97. The molecule has 18 heavy (non-hydrogen) atoms. The Morgan fingerprint density at radius 2 is 2.22 bits per heavy atom. The highest BCUT2D eigenvalue weighted by Gasteiger charge is 2.17. The van der Waals surface area contributed by atoms with Crippen LogP contribution in [0.5, 0.6) is 0 Å². The molecule has 0 aliphatic carbocycles. The van der Waals surface area contributed by atoms with Crippen LogP contribution >= 0.6 is 11.8 Å². The number of aliphatic hydroxyl groups excluding tert-OH is 1. The second-order valence-corrected chi connectivity index (χ2v) is 6.05. The fourth-order valence-electron chi connectivity index (χ4n) is 2.50. The summed E-state index contributed by atoms with van der Waals surface area (Å²) < 4.78 is 0. The van der Waals surface area contributed by atoms with Crippen molar-refractivity contribution in [1.82, 2.24) is 4.98 Å². The van der Waals surface area contributed by atoms with Crippen molar-refractivity contribution in [1.29, 1.82) is 0 Å². The largest absolute Gasteiger partial charge is 0.392 e. The predicted molar refractivity (Wildman–Crippen MR) is 78.3 cm³/mol. The molecule has 1 aliphatic rings. The van der Waals surface area contributed by atoms with E-state index in [0.717, 1.165) is 35.4 Å². The molecule has 1 saturated heterocycles. The number of anilines is 1. The SMILES string of the molecule is CSC1CCCN(c2cc(CO)cc(C)n2)CC1. The van der Waals surface area contributed by atoms with E-state index in [4.69, 9.17) is 0 Å². The van der Waals surface area contributed by atoms with E-state index in [0.29, 0.717) is 0 Å². The number of hydrogen-bond acceptors (Lipinski definition) is 4. The fraction of sp³-hybridized carbons (Fsp3) is 0.643. The van der Waals surface area contributed by atoms with Crippen LogP contribution in [0.2, 0.25) is 0 Å². The van der Waals surface area contributed by atoms with Crippen molar-refractivity contribution in [2.24, 2.45) is 0 Å². The van der Waals surface area contributed by atoms with Gasteiger partial charge in [0, 0.05) is 24.0 Å². The van der Waals surface area contributed by atoms with Crippen LogP contribution in [0.3, 0.4) is 0 Å². The second kappa shape index (κ2) is 6.43. The first kappa shape index (κ1) is 13.7. The van der Waals surface area contributed by atoms with Crippen LogP contribution in [-0.2, 0) is 6.61 Å². The molecule has 0 spiro atoms. The number of aliphatic hydroxyl groups is 1. The third-order valence-corrected chi connectivity index (χ3v) is 4.65. The van der Waals surface area contributed by atoms with Gasteiger partial charge >= 0.3 is 0 Å². The molecule has 1 atom stereocenters. The van der Waals surface area contributed by atoms with Gasteiger partial charge in [-0.05, 0) is 50.1 Å². The van der Waals surface area contributed by atoms with Gasteiger partial charge in [-0.3, -0.25) is 0 Å². The van der Waals surface area contributed by atoms with E-state index in [1.165, 1.54) is 19.3 Å². The van der Waals surface area contributed by atoms with Gasteiger partial charge in [0.05, 0.1) is 6.61 Å². The lowest BCUT2D eigenvalue weighted by molar-refractivity contribution is 0.281. The Kier molecular flexibility index (Phi) is 4.89. The quantitative estimate of drug-likeness (QED) is 0.912. The zero-order chi connectivity index (χ0) is 13.0. The van der Waals surface area contributed by atoms with Crippen molar-refractivity contribution in [2.75, 3.05) is 24.2 Å². The second-order valence-electron chi connectivity index (χ2n) is 4.91. The normalized spacial score (nSPS) is 20.8. The smallest absolute Gasteiger partial charge is 0.129 e. The number of aromatic nitrogens is 1. The van der Waals surface area contributed by atoms with Crippen molar-refractivity contribution in [2.45, 2.75) is 38.0 Å². The van der Waals surface area contributed by atoms with Crippen molar-refractivity contribution >= 4 is 17.6 Å². The highest BCUT2D eigenvalue weighted by Crippen LogP contribution is 2.24. The van der Waals surface area contributed by atoms with Gasteiger partial charge in [0.1, 0.15) is 5.82 Å². The first-order valence-electron chi connectivity index (χ1n) is 6.59. The third-order valence-electron chi connectivity index (χ3n) is 3.51. The molecule has 0 amide bonds. The monoisotopic (exact) mass is 266 g/mol. The molecule has 0 bridgehead atoms. The van der Waals surface area contributed by atoms with Gasteiger partial charge in [-0.15, -0.1) is 0 Å². The minimum atomic E-state index is 0.0949. The van der Waals surface area contributed by atoms with E-state index in [1.54, 1.807) is 0 Å². The molecule has 0 radical (unpaired) electrons. The molecule has 1 fully saturated rings. The van der Waals surface area contributed by atoms with Gasteiger partial charge in [-0.2, -0.15) is 11.8 Å². The average molecular weight is 266 g/mol. The lowest BCUT2D eigenvalue weighted by Gasteiger charge is -2.22. The lowest BCUT2D eigenvalue weighted by atomic mass is 10.2. The molecular weight excluding hydrogens is 244 g/mol. The molecule has 100 valence electrons. The van der Waals surface area contributed by atoms with Crippen LogP contribution in [0.25, 0.3) is 0 Å². The summed E-state index contributed by atoms with van der Waals surface area (Å²) in [7, 11) is 0. The van der Waals surface area contributed by atoms with E-state index in [9.17, 15) is 5.11 Å². The van der Waals surface area contributed by atoms with Crippen molar-refractivity contribution in [3.63, 3.8) is 0 Å². The predicted octanol–water partition coefficient (Wildman–Crippen LogP) is 2.60. The van der Waals surface area contributed by atoms with Crippen molar-refractivity contribution in [3.05, 3.63) is 23.4 Å². The number of nitrogens with zero attached hydrogens (tertiary/aromatic N) is 2. The minimum Gasteiger partial charge on any atom is -0.392 e. The zero-order valence-electron chi connectivity index (χ0n) is 11.2. The Morgan fingerprint density at radius 3 is 2.94 bits per heavy atom. The molecule has 1 aromatic heterocycles. The van der Waals surface area contributed by atoms with Crippen molar-refractivity contribution < 1.29 is 5.11 Å². The average Bonchev–Trinajstić information content (AvgIpc) is 2.63. The lowest BCUT2D eigenvalue weighted by Crippen LogP contribution is -2.25. The molecule has 2 heterocycles. The molecule has 0 aromatic carbocycles. The molecule has 1 N–H and O–H groups in total. The maximum Gasteiger partial charge on any atom is 0.129 e. The van der Waals surface area contributed by atoms with Crippen LogP contribution < -0.4 is 4.90 Å². The summed E-state index contributed by atoms with van der Waals surface area (Å²) in [5, 5.41) is 10.1. The minimum absolute atomic E-state index is 0.0949. The van der Waals surface area contributed by atoms with Gasteiger partial charge in [-0.1, -0.05) is 0 Å². The first-order valence-corrected chi connectivity index (χ1v) is 7.88. The van der Waals surface area contributed by atoms with Crippen LogP contribution in [0.15, 0.2) is 12.1 Å². The number of rotatable bonds is 3. The maximum absolute atomic E-state index is 9.27. The molecule has 2 rings (SSSR count). The Bertz CT molecular complexity index is 397. The van der Waals surface area contributed by atoms with Crippen LogP contribution in [-0.4, -0.2) is 34.7 Å². The standard InChI is InChI=1S/C14H22N2OS/c1-11-8-12(10-17)9-14(15-11)16-6-3-4-13(18-2)5-7-16/h8-9,13,17H,3-7,10H2,1-2H3. The Balaban J connectivity index is 2.13. The van der Waals surface area contributed by atoms with Gasteiger partial charge in [-0.25, -0.2) is 4.98 Å². The van der Waals surface area contributed by atoms with E-state index >= 15 is 0 Å². The maximum atomic E-state index is 9.27. The van der Waals surface area contributed by atoms with Gasteiger partial charge < -0.3 is 10.0 Å². The highest BCUT2D eigenvalue weighted by atomic mass is 32.2. The topological polar surface area (TPSA) is 36.4 Å². The molecule has 3 nitrogen and oxygen atoms in total. The van der Waals surface area contributed by atoms with E-state index in [1.807, 2.05) is 30.8 Å². The fourth-order valence-corrected chi connectivity index (χ4v) is 3.25. The molecular formula is C14H22N2OS. The number of hydrogen-bond donors (Lipinski definition) is 1. The number of thioether (sulfide) groups is 1. The number of aryl methyl sites for hydroxylation is 1. The van der Waals surface area contributed by atoms with Gasteiger partial charge in [0.15, 0.2) is 0 Å². The van der Waals surface area contributed by atoms with E-state index < -0.39 is 0 Å². The van der Waals surface area contributed by atoms with E-state index in [-0.39, 0.29) is 6.61 Å². The molecule has 1 aromatic rings. The highest BCUT2D eigenvalue weighted by molar-refractivity contribution is 7.99. The third kappa shape index (κ3) is 3.39. The number of pyridine rings is 1. The molecule has 1 unspecified atom stereocenters. The van der Waals surface area contributed by atoms with Crippen LogP contribution in [0, 0.1) is 6.92 Å². The Labute approximate surface area is 114 Å². The summed E-state index contributed by atoms with van der Waals surface area (Å²) in [6.07, 6.45) is 5.96. The molecule has 1 aliphatic heterocycles. The van der Waals surface area contributed by atoms with Crippen LogP contribution in [0.1, 0.15) is 30.5 Å². The van der Waals surface area contributed by atoms with Crippen LogP contribution in [0.4, 0.5) is 5.82 Å². The Hall–Kier alpha value is -0.740. The molecule has 4 heteroatoms. The summed E-state index contributed by atoms with van der Waals surface area (Å²) in [6, 6.07) is 3.97. The summed E-state index contributed by atoms with van der Waals surface area (Å²) >= 11 is 1.98. The van der Waals surface area contributed by atoms with Gasteiger partial charge in [0.25, 0.3) is 0 Å². The van der Waals surface area contributed by atoms with E-state index in [2.05, 4.69) is 16.1 Å². The molecule has 0 saturated carbocycles. The zero-order valence-corrected chi connectivity index (χ0v) is 12.0. The Morgan fingerprint density at radius 1 is 1.39 bits per heavy atom. The summed E-state index contributed by atoms with van der Waals surface area (Å²) in [6.45, 7) is 4.24. The first-order chi connectivity index (χ1) is 8.72. The van der Waals surface area contributed by atoms with Crippen molar-refractivity contribution in [3.8, 4) is 0 Å². The summed E-state index contributed by atoms with van der Waals surface area (Å²) in [5.41, 5.74) is 1.95. The van der Waals surface area contributed by atoms with Gasteiger partial charge in [0.2, 0.25) is 0 Å².